The van der Waals surface area contributed by atoms with Gasteiger partial charge < -0.3 is 10.6 Å². The van der Waals surface area contributed by atoms with Gasteiger partial charge in [0, 0.05) is 13.1 Å². The van der Waals surface area contributed by atoms with Crippen LogP contribution in [0.4, 0.5) is 0 Å². The standard InChI is InChI=1S/C9H12Br2N2OS/c1-2-12-3-4-13-9(14)6-5-7(10)15-8(6)11/h5,12H,2-4H2,1H3,(H,13,14). The van der Waals surface area contributed by atoms with Crippen LogP contribution in [0.2, 0.25) is 0 Å². The van der Waals surface area contributed by atoms with Crippen molar-refractivity contribution in [2.24, 2.45) is 0 Å². The molecule has 1 aromatic rings. The number of thiophene rings is 1. The van der Waals surface area contributed by atoms with Gasteiger partial charge in [0.2, 0.25) is 0 Å². The van der Waals surface area contributed by atoms with Gasteiger partial charge in [-0.15, -0.1) is 11.3 Å². The highest BCUT2D eigenvalue weighted by atomic mass is 79.9. The number of amides is 1. The highest BCUT2D eigenvalue weighted by molar-refractivity contribution is 9.12. The first kappa shape index (κ1) is 13.2. The number of rotatable bonds is 5. The van der Waals surface area contributed by atoms with Crippen LogP contribution in [0, 0.1) is 0 Å². The van der Waals surface area contributed by atoms with Crippen LogP contribution in [0.25, 0.3) is 0 Å². The molecule has 0 aliphatic rings. The smallest absolute Gasteiger partial charge is 0.253 e. The molecule has 0 aliphatic heterocycles. The lowest BCUT2D eigenvalue weighted by molar-refractivity contribution is 0.0953. The first-order chi connectivity index (χ1) is 7.15. The van der Waals surface area contributed by atoms with Gasteiger partial charge in [0.1, 0.15) is 0 Å². The summed E-state index contributed by atoms with van der Waals surface area (Å²) in [6.45, 7) is 4.40. The Morgan fingerprint density at radius 1 is 1.47 bits per heavy atom. The summed E-state index contributed by atoms with van der Waals surface area (Å²) in [6.07, 6.45) is 0. The van der Waals surface area contributed by atoms with E-state index in [2.05, 4.69) is 42.5 Å². The minimum Gasteiger partial charge on any atom is -0.351 e. The number of carbonyl (C=O) groups excluding carboxylic acids is 1. The molecule has 15 heavy (non-hydrogen) atoms. The van der Waals surface area contributed by atoms with Gasteiger partial charge in [0.15, 0.2) is 0 Å². The maximum Gasteiger partial charge on any atom is 0.253 e. The minimum atomic E-state index is -0.0401. The maximum atomic E-state index is 11.7. The molecule has 3 nitrogen and oxygen atoms in total. The Labute approximate surface area is 110 Å². The van der Waals surface area contributed by atoms with Gasteiger partial charge in [-0.2, -0.15) is 0 Å². The van der Waals surface area contributed by atoms with Gasteiger partial charge in [-0.05, 0) is 44.5 Å². The zero-order valence-corrected chi connectivity index (χ0v) is 12.3. The van der Waals surface area contributed by atoms with E-state index in [0.29, 0.717) is 12.1 Å². The normalized spacial score (nSPS) is 10.3. The fourth-order valence-corrected chi connectivity index (χ4v) is 3.82. The van der Waals surface area contributed by atoms with Crippen LogP contribution in [0.1, 0.15) is 17.3 Å². The predicted molar refractivity (Wildman–Crippen MR) is 70.6 cm³/mol. The molecule has 0 radical (unpaired) electrons. The van der Waals surface area contributed by atoms with E-state index in [1.807, 2.05) is 13.0 Å². The molecule has 2 N–H and O–H groups in total. The summed E-state index contributed by atoms with van der Waals surface area (Å²) in [4.78, 5) is 11.7. The maximum absolute atomic E-state index is 11.7. The van der Waals surface area contributed by atoms with Crippen LogP contribution < -0.4 is 10.6 Å². The summed E-state index contributed by atoms with van der Waals surface area (Å²) >= 11 is 8.19. The Kier molecular flexibility index (Phi) is 5.81. The third kappa shape index (κ3) is 4.22. The summed E-state index contributed by atoms with van der Waals surface area (Å²) in [6, 6.07) is 1.82. The summed E-state index contributed by atoms with van der Waals surface area (Å²) < 4.78 is 1.81. The van der Waals surface area contributed by atoms with E-state index in [9.17, 15) is 4.79 Å². The number of hydrogen-bond acceptors (Lipinski definition) is 3. The second kappa shape index (κ2) is 6.62. The van der Waals surface area contributed by atoms with E-state index < -0.39 is 0 Å². The topological polar surface area (TPSA) is 41.1 Å². The molecule has 0 saturated carbocycles. The highest BCUT2D eigenvalue weighted by Crippen LogP contribution is 2.31. The van der Waals surface area contributed by atoms with Crippen molar-refractivity contribution in [2.45, 2.75) is 6.92 Å². The molecular formula is C9H12Br2N2OS. The van der Waals surface area contributed by atoms with Crippen LogP contribution >= 0.6 is 43.2 Å². The Hall–Kier alpha value is 0.0900. The summed E-state index contributed by atoms with van der Waals surface area (Å²) in [5.41, 5.74) is 0.684. The summed E-state index contributed by atoms with van der Waals surface area (Å²) in [5.74, 6) is -0.0401. The van der Waals surface area contributed by atoms with Crippen LogP contribution in [0.3, 0.4) is 0 Å². The van der Waals surface area contributed by atoms with Gasteiger partial charge in [-0.1, -0.05) is 6.92 Å². The molecule has 84 valence electrons. The fraction of sp³-hybridized carbons (Fsp3) is 0.444. The van der Waals surface area contributed by atoms with Gasteiger partial charge in [-0.25, -0.2) is 0 Å². The molecule has 0 bridgehead atoms. The molecule has 1 amide bonds. The first-order valence-electron chi connectivity index (χ1n) is 4.59. The van der Waals surface area contributed by atoms with Gasteiger partial charge >= 0.3 is 0 Å². The van der Waals surface area contributed by atoms with Crippen molar-refractivity contribution in [3.8, 4) is 0 Å². The van der Waals surface area contributed by atoms with E-state index >= 15 is 0 Å². The zero-order valence-electron chi connectivity index (χ0n) is 8.27. The Morgan fingerprint density at radius 2 is 2.20 bits per heavy atom. The van der Waals surface area contributed by atoms with E-state index in [1.165, 1.54) is 11.3 Å². The largest absolute Gasteiger partial charge is 0.351 e. The van der Waals surface area contributed by atoms with Crippen LogP contribution in [0.5, 0.6) is 0 Å². The second-order valence-corrected chi connectivity index (χ2v) is 6.60. The highest BCUT2D eigenvalue weighted by Gasteiger charge is 2.12. The average molecular weight is 356 g/mol. The van der Waals surface area contributed by atoms with Crippen molar-refractivity contribution in [1.29, 1.82) is 0 Å². The molecular weight excluding hydrogens is 344 g/mol. The average Bonchev–Trinajstić information content (AvgIpc) is 2.52. The van der Waals surface area contributed by atoms with Gasteiger partial charge in [-0.3, -0.25) is 4.79 Å². The van der Waals surface area contributed by atoms with E-state index in [4.69, 9.17) is 0 Å². The molecule has 1 heterocycles. The Morgan fingerprint density at radius 3 is 2.73 bits per heavy atom. The molecule has 0 unspecified atom stereocenters. The van der Waals surface area contributed by atoms with Gasteiger partial charge in [0.05, 0.1) is 13.1 Å². The molecule has 0 aliphatic carbocycles. The van der Waals surface area contributed by atoms with Crippen LogP contribution in [-0.4, -0.2) is 25.5 Å². The fourth-order valence-electron chi connectivity index (χ4n) is 1.03. The number of carbonyl (C=O) groups is 1. The molecule has 1 rings (SSSR count). The number of hydrogen-bond donors (Lipinski definition) is 2. The number of nitrogens with one attached hydrogen (secondary N) is 2. The third-order valence-corrected chi connectivity index (χ3v) is 4.08. The predicted octanol–water partition coefficient (Wildman–Crippen LogP) is 2.61. The summed E-state index contributed by atoms with van der Waals surface area (Å²) in [7, 11) is 0. The number of halogens is 2. The molecule has 0 aromatic carbocycles. The lowest BCUT2D eigenvalue weighted by atomic mass is 10.3. The van der Waals surface area contributed by atoms with Crippen molar-refractivity contribution < 1.29 is 4.79 Å². The second-order valence-electron chi connectivity index (χ2n) is 2.85. The lowest BCUT2D eigenvalue weighted by Gasteiger charge is -2.04. The van der Waals surface area contributed by atoms with E-state index in [1.54, 1.807) is 0 Å². The van der Waals surface area contributed by atoms with E-state index in [-0.39, 0.29) is 5.91 Å². The lowest BCUT2D eigenvalue weighted by Crippen LogP contribution is -2.31. The minimum absolute atomic E-state index is 0.0401. The SMILES string of the molecule is CCNCCNC(=O)c1cc(Br)sc1Br. The third-order valence-electron chi connectivity index (χ3n) is 1.74. The zero-order chi connectivity index (χ0) is 11.3. The molecule has 6 heteroatoms. The number of likely N-dealkylation sites (N-methyl/N-ethyl adjacent to an activating group) is 1. The van der Waals surface area contributed by atoms with Crippen molar-refractivity contribution in [2.75, 3.05) is 19.6 Å². The molecule has 0 spiro atoms. The Balaban J connectivity index is 2.43. The monoisotopic (exact) mass is 354 g/mol. The molecule has 0 saturated heterocycles. The first-order valence-corrected chi connectivity index (χ1v) is 6.99. The molecule has 0 atom stereocenters. The van der Waals surface area contributed by atoms with Crippen molar-refractivity contribution >= 4 is 49.1 Å². The van der Waals surface area contributed by atoms with Crippen LogP contribution in [-0.2, 0) is 0 Å². The molecule has 0 fully saturated rings. The quantitative estimate of drug-likeness (QED) is 0.797. The van der Waals surface area contributed by atoms with E-state index in [0.717, 1.165) is 20.7 Å². The summed E-state index contributed by atoms with van der Waals surface area (Å²) in [5, 5.41) is 5.98. The van der Waals surface area contributed by atoms with Crippen molar-refractivity contribution in [3.63, 3.8) is 0 Å². The molecule has 1 aromatic heterocycles. The van der Waals surface area contributed by atoms with Crippen molar-refractivity contribution in [1.82, 2.24) is 10.6 Å². The Bertz CT molecular complexity index is 341. The van der Waals surface area contributed by atoms with Crippen LogP contribution in [0.15, 0.2) is 13.6 Å². The van der Waals surface area contributed by atoms with Crippen molar-refractivity contribution in [3.05, 3.63) is 19.2 Å². The van der Waals surface area contributed by atoms with Gasteiger partial charge in [0.25, 0.3) is 5.91 Å².